The second-order valence-corrected chi connectivity index (χ2v) is 7.44. The van der Waals surface area contributed by atoms with E-state index in [2.05, 4.69) is 26.0 Å². The van der Waals surface area contributed by atoms with E-state index in [1.165, 1.54) is 24.8 Å². The first kappa shape index (κ1) is 21.4. The fourth-order valence-electron chi connectivity index (χ4n) is 2.97. The van der Waals surface area contributed by atoms with Crippen LogP contribution in [0.25, 0.3) is 6.08 Å². The fourth-order valence-corrected chi connectivity index (χ4v) is 2.97. The second kappa shape index (κ2) is 9.88. The smallest absolute Gasteiger partial charge is 0.163 e. The average molecular weight is 380 g/mol. The highest BCUT2D eigenvalue weighted by atomic mass is 16.5. The topological polar surface area (TPSA) is 63.6 Å². The maximum atomic E-state index is 12.5. The maximum absolute atomic E-state index is 12.5. The molecular weight excluding hydrogens is 352 g/mol. The predicted molar refractivity (Wildman–Crippen MR) is 112 cm³/mol. The van der Waals surface area contributed by atoms with Crippen LogP contribution in [0.15, 0.2) is 48.5 Å². The van der Waals surface area contributed by atoms with Gasteiger partial charge in [-0.05, 0) is 47.2 Å². The Balaban J connectivity index is 1.96. The number of hydrogen-bond donors (Lipinski definition) is 1. The molecule has 2 aromatic rings. The van der Waals surface area contributed by atoms with Crippen molar-refractivity contribution in [2.45, 2.75) is 39.5 Å². The van der Waals surface area contributed by atoms with E-state index < -0.39 is 0 Å². The fraction of sp³-hybridized carbons (Fsp3) is 0.333. The van der Waals surface area contributed by atoms with Crippen LogP contribution in [0.1, 0.15) is 49.8 Å². The molecule has 0 fully saturated rings. The Morgan fingerprint density at radius 1 is 1.07 bits per heavy atom. The van der Waals surface area contributed by atoms with Crippen molar-refractivity contribution in [3.63, 3.8) is 0 Å². The van der Waals surface area contributed by atoms with Crippen LogP contribution in [0.2, 0.25) is 0 Å². The van der Waals surface area contributed by atoms with E-state index in [1.807, 2.05) is 19.1 Å². The van der Waals surface area contributed by atoms with Crippen molar-refractivity contribution in [3.8, 4) is 11.5 Å². The van der Waals surface area contributed by atoms with Crippen LogP contribution >= 0.6 is 0 Å². The molecule has 1 N–H and O–H groups in total. The number of phenolic OH excluding ortho intramolecular Hbond substituents is 1. The third-order valence-corrected chi connectivity index (χ3v) is 4.62. The highest BCUT2D eigenvalue weighted by molar-refractivity contribution is 6.07. The standard InChI is InChI=1S/C24H28O4/c1-16(2)13-18-5-9-20(10-6-18)17(3)23(27)15-21(25)11-7-19-8-12-22(26)24(14-19)28-4/h5-12,14,16-17,26H,13,15H2,1-4H3/b11-7+. The molecule has 0 spiro atoms. The van der Waals surface area contributed by atoms with Crippen molar-refractivity contribution >= 4 is 17.6 Å². The summed E-state index contributed by atoms with van der Waals surface area (Å²) in [4.78, 5) is 24.6. The van der Waals surface area contributed by atoms with Crippen molar-refractivity contribution in [2.75, 3.05) is 7.11 Å². The van der Waals surface area contributed by atoms with Gasteiger partial charge in [0, 0.05) is 5.92 Å². The first-order valence-corrected chi connectivity index (χ1v) is 9.49. The number of methoxy groups -OCH3 is 1. The van der Waals surface area contributed by atoms with Crippen molar-refractivity contribution < 1.29 is 19.4 Å². The van der Waals surface area contributed by atoms with E-state index >= 15 is 0 Å². The van der Waals surface area contributed by atoms with Gasteiger partial charge in [0.05, 0.1) is 13.5 Å². The molecule has 0 heterocycles. The Labute approximate surface area is 166 Å². The van der Waals surface area contributed by atoms with Crippen LogP contribution in [-0.2, 0) is 16.0 Å². The lowest BCUT2D eigenvalue weighted by Crippen LogP contribution is -2.13. The van der Waals surface area contributed by atoms with Gasteiger partial charge >= 0.3 is 0 Å². The third-order valence-electron chi connectivity index (χ3n) is 4.62. The molecule has 1 unspecified atom stereocenters. The normalized spacial score (nSPS) is 12.3. The summed E-state index contributed by atoms with van der Waals surface area (Å²) in [7, 11) is 1.46. The molecular formula is C24H28O4. The van der Waals surface area contributed by atoms with Crippen LogP contribution in [0.4, 0.5) is 0 Å². The minimum absolute atomic E-state index is 0.0365. The minimum atomic E-state index is -0.320. The summed E-state index contributed by atoms with van der Waals surface area (Å²) in [6.45, 7) is 6.18. The molecule has 0 radical (unpaired) electrons. The van der Waals surface area contributed by atoms with Gasteiger partial charge in [-0.2, -0.15) is 0 Å². The van der Waals surface area contributed by atoms with Crippen LogP contribution in [-0.4, -0.2) is 23.8 Å². The predicted octanol–water partition coefficient (Wildman–Crippen LogP) is 4.94. The van der Waals surface area contributed by atoms with Crippen LogP contribution in [0.3, 0.4) is 0 Å². The number of ketones is 2. The van der Waals surface area contributed by atoms with Gasteiger partial charge in [0.15, 0.2) is 17.3 Å². The first-order chi connectivity index (χ1) is 13.3. The number of rotatable bonds is 9. The molecule has 0 aliphatic carbocycles. The summed E-state index contributed by atoms with van der Waals surface area (Å²) in [6, 6.07) is 12.9. The zero-order valence-electron chi connectivity index (χ0n) is 16.9. The SMILES string of the molecule is COc1cc(/C=C/C(=O)CC(=O)C(C)c2ccc(CC(C)C)cc2)ccc1O. The number of carbonyl (C=O) groups is 2. The monoisotopic (exact) mass is 380 g/mol. The molecule has 1 atom stereocenters. The second-order valence-electron chi connectivity index (χ2n) is 7.44. The molecule has 4 nitrogen and oxygen atoms in total. The molecule has 4 heteroatoms. The van der Waals surface area contributed by atoms with Gasteiger partial charge in [-0.15, -0.1) is 0 Å². The number of benzene rings is 2. The molecule has 0 aliphatic heterocycles. The van der Waals surface area contributed by atoms with Crippen LogP contribution in [0, 0.1) is 5.92 Å². The summed E-state index contributed by atoms with van der Waals surface area (Å²) >= 11 is 0. The van der Waals surface area contributed by atoms with E-state index in [1.54, 1.807) is 18.2 Å². The summed E-state index contributed by atoms with van der Waals surface area (Å²) < 4.78 is 5.04. The highest BCUT2D eigenvalue weighted by Gasteiger charge is 2.17. The Hall–Kier alpha value is -2.88. The number of hydrogen-bond acceptors (Lipinski definition) is 4. The average Bonchev–Trinajstić information content (AvgIpc) is 2.66. The molecule has 28 heavy (non-hydrogen) atoms. The molecule has 0 aliphatic rings. The van der Waals surface area contributed by atoms with E-state index in [9.17, 15) is 14.7 Å². The summed E-state index contributed by atoms with van der Waals surface area (Å²) in [5, 5.41) is 9.60. The van der Waals surface area contributed by atoms with Gasteiger partial charge in [0.2, 0.25) is 0 Å². The van der Waals surface area contributed by atoms with Crippen molar-refractivity contribution in [1.29, 1.82) is 0 Å². The third kappa shape index (κ3) is 6.08. The minimum Gasteiger partial charge on any atom is -0.504 e. The summed E-state index contributed by atoms with van der Waals surface area (Å²) in [5.41, 5.74) is 2.89. The Morgan fingerprint density at radius 3 is 2.36 bits per heavy atom. The molecule has 148 valence electrons. The highest BCUT2D eigenvalue weighted by Crippen LogP contribution is 2.27. The Kier molecular flexibility index (Phi) is 7.56. The molecule has 2 aromatic carbocycles. The van der Waals surface area contributed by atoms with Crippen molar-refractivity contribution in [2.24, 2.45) is 5.92 Å². The quantitative estimate of drug-likeness (QED) is 0.494. The number of phenols is 1. The molecule has 0 aromatic heterocycles. The van der Waals surface area contributed by atoms with Crippen LogP contribution < -0.4 is 4.74 Å². The van der Waals surface area contributed by atoms with E-state index in [0.29, 0.717) is 17.2 Å². The zero-order chi connectivity index (χ0) is 20.7. The van der Waals surface area contributed by atoms with E-state index in [0.717, 1.165) is 12.0 Å². The largest absolute Gasteiger partial charge is 0.504 e. The Bertz CT molecular complexity index is 847. The van der Waals surface area contributed by atoms with Gasteiger partial charge in [-0.3, -0.25) is 9.59 Å². The van der Waals surface area contributed by atoms with Gasteiger partial charge in [-0.1, -0.05) is 57.2 Å². The summed E-state index contributed by atoms with van der Waals surface area (Å²) in [5.74, 6) is 0.284. The molecule has 0 amide bonds. The molecule has 0 saturated heterocycles. The number of aromatic hydroxyl groups is 1. The number of carbonyl (C=O) groups excluding carboxylic acids is 2. The summed E-state index contributed by atoms with van der Waals surface area (Å²) in [6.07, 6.45) is 3.87. The van der Waals surface area contributed by atoms with Gasteiger partial charge in [0.1, 0.15) is 5.78 Å². The number of ether oxygens (including phenoxy) is 1. The molecule has 2 rings (SSSR count). The number of allylic oxidation sites excluding steroid dienone is 1. The van der Waals surface area contributed by atoms with Gasteiger partial charge in [-0.25, -0.2) is 0 Å². The lowest BCUT2D eigenvalue weighted by Gasteiger charge is -2.11. The first-order valence-electron chi connectivity index (χ1n) is 9.49. The maximum Gasteiger partial charge on any atom is 0.163 e. The van der Waals surface area contributed by atoms with E-state index in [-0.39, 0.29) is 29.7 Å². The lowest BCUT2D eigenvalue weighted by atomic mass is 9.92. The van der Waals surface area contributed by atoms with Gasteiger partial charge in [0.25, 0.3) is 0 Å². The van der Waals surface area contributed by atoms with Crippen LogP contribution in [0.5, 0.6) is 11.5 Å². The van der Waals surface area contributed by atoms with Crippen molar-refractivity contribution in [3.05, 3.63) is 65.2 Å². The molecule has 0 bridgehead atoms. The van der Waals surface area contributed by atoms with Gasteiger partial charge < -0.3 is 9.84 Å². The van der Waals surface area contributed by atoms with E-state index in [4.69, 9.17) is 4.74 Å². The number of Topliss-reactive ketones (excluding diaryl/α,β-unsaturated/α-hetero) is 1. The zero-order valence-corrected chi connectivity index (χ0v) is 16.9. The van der Waals surface area contributed by atoms with Crippen molar-refractivity contribution in [1.82, 2.24) is 0 Å². The lowest BCUT2D eigenvalue weighted by molar-refractivity contribution is -0.125. The molecule has 0 saturated carbocycles. The Morgan fingerprint density at radius 2 is 1.75 bits per heavy atom.